The number of carboxylic acids is 2. The van der Waals surface area contributed by atoms with Crippen LogP contribution < -0.4 is 27.4 Å². The van der Waals surface area contributed by atoms with Gasteiger partial charge in [-0.3, -0.25) is 24.0 Å². The molecule has 204 valence electrons. The van der Waals surface area contributed by atoms with E-state index in [0.717, 1.165) is 0 Å². The van der Waals surface area contributed by atoms with Gasteiger partial charge in [0.25, 0.3) is 0 Å². The summed E-state index contributed by atoms with van der Waals surface area (Å²) >= 11 is 0. The van der Waals surface area contributed by atoms with Crippen molar-refractivity contribution >= 4 is 35.6 Å². The van der Waals surface area contributed by atoms with Gasteiger partial charge in [-0.25, -0.2) is 4.79 Å². The maximum atomic E-state index is 13.0. The average molecular weight is 526 g/mol. The van der Waals surface area contributed by atoms with Crippen molar-refractivity contribution in [1.29, 1.82) is 0 Å². The summed E-state index contributed by atoms with van der Waals surface area (Å²) in [6.07, 6.45) is -3.05. The van der Waals surface area contributed by atoms with Gasteiger partial charge in [-0.05, 0) is 31.0 Å². The summed E-state index contributed by atoms with van der Waals surface area (Å²) in [6, 6.07) is -0.622. The van der Waals surface area contributed by atoms with Crippen molar-refractivity contribution < 1.29 is 49.2 Å². The first-order valence-electron chi connectivity index (χ1n) is 11.1. The molecule has 0 fully saturated rings. The van der Waals surface area contributed by atoms with Crippen LogP contribution in [0.5, 0.6) is 5.75 Å². The van der Waals surface area contributed by atoms with E-state index >= 15 is 0 Å². The standard InChI is InChI=1S/C22H31N5O10/c1-10(28)18(24)21(35)25-13(6-7-16(23)30)19(33)26-14(8-11-2-4-12(29)5-3-11)20(34)27-15(22(36)37)9-17(31)32/h2-5,10,13-15,18,28-29H,6-9,24H2,1H3,(H2,23,30)(H,25,35)(H,26,33)(H,27,34)(H,31,32)(H,36,37). The number of nitrogens with one attached hydrogen (secondary N) is 3. The fourth-order valence-corrected chi connectivity index (χ4v) is 3.04. The average Bonchev–Trinajstić information content (AvgIpc) is 2.80. The maximum Gasteiger partial charge on any atom is 0.326 e. The number of aliphatic hydroxyl groups is 1. The molecule has 1 aromatic rings. The molecule has 0 saturated carbocycles. The minimum absolute atomic E-state index is 0.0788. The van der Waals surface area contributed by atoms with E-state index in [9.17, 15) is 44.1 Å². The van der Waals surface area contributed by atoms with Crippen LogP contribution in [0, 0.1) is 0 Å². The molecule has 0 aromatic heterocycles. The topological polar surface area (TPSA) is 271 Å². The highest BCUT2D eigenvalue weighted by Gasteiger charge is 2.32. The molecule has 1 aromatic carbocycles. The predicted octanol–water partition coefficient (Wildman–Crippen LogP) is -3.08. The second-order valence-electron chi connectivity index (χ2n) is 8.26. The van der Waals surface area contributed by atoms with Crippen LogP contribution in [0.15, 0.2) is 24.3 Å². The van der Waals surface area contributed by atoms with Crippen molar-refractivity contribution in [1.82, 2.24) is 16.0 Å². The van der Waals surface area contributed by atoms with E-state index in [1.165, 1.54) is 31.2 Å². The number of carbonyl (C=O) groups is 6. The van der Waals surface area contributed by atoms with Crippen LogP contribution in [0.1, 0.15) is 31.7 Å². The molecule has 11 N–H and O–H groups in total. The Kier molecular flexibility index (Phi) is 11.9. The molecule has 5 unspecified atom stereocenters. The molecule has 4 amide bonds. The summed E-state index contributed by atoms with van der Waals surface area (Å²) in [7, 11) is 0. The Labute approximate surface area is 211 Å². The molecular weight excluding hydrogens is 494 g/mol. The second kappa shape index (κ2) is 14.4. The van der Waals surface area contributed by atoms with Crippen LogP contribution >= 0.6 is 0 Å². The number of phenols is 1. The van der Waals surface area contributed by atoms with E-state index < -0.39 is 72.3 Å². The summed E-state index contributed by atoms with van der Waals surface area (Å²) in [5, 5.41) is 43.9. The lowest BCUT2D eigenvalue weighted by atomic mass is 10.0. The maximum absolute atomic E-state index is 13.0. The highest BCUT2D eigenvalue weighted by Crippen LogP contribution is 2.12. The number of nitrogens with two attached hydrogens (primary N) is 2. The third-order valence-electron chi connectivity index (χ3n) is 5.14. The first-order chi connectivity index (χ1) is 17.2. The number of carbonyl (C=O) groups excluding carboxylic acids is 4. The largest absolute Gasteiger partial charge is 0.508 e. The zero-order valence-corrected chi connectivity index (χ0v) is 19.9. The number of hydrogen-bond acceptors (Lipinski definition) is 9. The Morgan fingerprint density at radius 3 is 1.86 bits per heavy atom. The van der Waals surface area contributed by atoms with Crippen molar-refractivity contribution in [2.75, 3.05) is 0 Å². The van der Waals surface area contributed by atoms with Crippen LogP contribution in [0.2, 0.25) is 0 Å². The Balaban J connectivity index is 3.20. The van der Waals surface area contributed by atoms with Crippen molar-refractivity contribution in [2.24, 2.45) is 11.5 Å². The smallest absolute Gasteiger partial charge is 0.326 e. The van der Waals surface area contributed by atoms with Crippen molar-refractivity contribution in [2.45, 2.75) is 62.9 Å². The zero-order chi connectivity index (χ0) is 28.3. The van der Waals surface area contributed by atoms with Gasteiger partial charge in [-0.2, -0.15) is 0 Å². The number of rotatable bonds is 15. The second-order valence-corrected chi connectivity index (χ2v) is 8.26. The molecule has 15 heteroatoms. The molecule has 0 bridgehead atoms. The highest BCUT2D eigenvalue weighted by molar-refractivity contribution is 5.95. The highest BCUT2D eigenvalue weighted by atomic mass is 16.4. The van der Waals surface area contributed by atoms with Crippen molar-refractivity contribution in [3.8, 4) is 5.75 Å². The Hall–Kier alpha value is -4.24. The molecule has 0 aliphatic heterocycles. The predicted molar refractivity (Wildman–Crippen MR) is 126 cm³/mol. The fraction of sp³-hybridized carbons (Fsp3) is 0.455. The first-order valence-corrected chi connectivity index (χ1v) is 11.1. The summed E-state index contributed by atoms with van der Waals surface area (Å²) in [4.78, 5) is 71.8. The van der Waals surface area contributed by atoms with Gasteiger partial charge in [0.1, 0.15) is 29.9 Å². The number of hydrogen-bond donors (Lipinski definition) is 9. The normalized spacial score (nSPS) is 14.8. The van der Waals surface area contributed by atoms with Gasteiger partial charge in [0, 0.05) is 12.8 Å². The molecule has 5 atom stereocenters. The lowest BCUT2D eigenvalue weighted by molar-refractivity contribution is -0.147. The van der Waals surface area contributed by atoms with Gasteiger partial charge in [0.05, 0.1) is 12.5 Å². The molecule has 0 radical (unpaired) electrons. The summed E-state index contributed by atoms with van der Waals surface area (Å²) < 4.78 is 0. The van der Waals surface area contributed by atoms with Crippen LogP contribution in [0.3, 0.4) is 0 Å². The third-order valence-corrected chi connectivity index (χ3v) is 5.14. The Bertz CT molecular complexity index is 998. The molecule has 0 heterocycles. The van der Waals surface area contributed by atoms with E-state index in [4.69, 9.17) is 16.6 Å². The van der Waals surface area contributed by atoms with E-state index in [1.54, 1.807) is 0 Å². The summed E-state index contributed by atoms with van der Waals surface area (Å²) in [5.74, 6) is -6.91. The minimum Gasteiger partial charge on any atom is -0.508 e. The van der Waals surface area contributed by atoms with Gasteiger partial charge in [0.15, 0.2) is 0 Å². The lowest BCUT2D eigenvalue weighted by Crippen LogP contribution is -2.58. The number of carboxylic acid groups (broad SMARTS) is 2. The molecule has 15 nitrogen and oxygen atoms in total. The zero-order valence-electron chi connectivity index (χ0n) is 19.9. The van der Waals surface area contributed by atoms with Crippen LogP contribution in [-0.2, 0) is 35.2 Å². The van der Waals surface area contributed by atoms with Gasteiger partial charge in [-0.15, -0.1) is 0 Å². The van der Waals surface area contributed by atoms with Crippen LogP contribution in [0.4, 0.5) is 0 Å². The molecule has 0 spiro atoms. The van der Waals surface area contributed by atoms with Gasteiger partial charge in [0.2, 0.25) is 23.6 Å². The quantitative estimate of drug-likeness (QED) is 0.111. The number of aliphatic carboxylic acids is 2. The molecule has 0 saturated heterocycles. The molecular formula is C22H31N5O10. The SMILES string of the molecule is CC(O)C(N)C(=O)NC(CCC(N)=O)C(=O)NC(Cc1ccc(O)cc1)C(=O)NC(CC(=O)O)C(=O)O. The van der Waals surface area contributed by atoms with Gasteiger partial charge in [-0.1, -0.05) is 12.1 Å². The van der Waals surface area contributed by atoms with E-state index in [1.807, 2.05) is 0 Å². The molecule has 0 aliphatic rings. The first kappa shape index (κ1) is 30.8. The van der Waals surface area contributed by atoms with Crippen molar-refractivity contribution in [3.05, 3.63) is 29.8 Å². The van der Waals surface area contributed by atoms with Crippen molar-refractivity contribution in [3.63, 3.8) is 0 Å². The monoisotopic (exact) mass is 525 g/mol. The number of benzene rings is 1. The Morgan fingerprint density at radius 2 is 1.38 bits per heavy atom. The number of aliphatic hydroxyl groups excluding tert-OH is 1. The molecule has 37 heavy (non-hydrogen) atoms. The third kappa shape index (κ3) is 10.9. The Morgan fingerprint density at radius 1 is 0.865 bits per heavy atom. The van der Waals surface area contributed by atoms with E-state index in [0.29, 0.717) is 5.56 Å². The fourth-order valence-electron chi connectivity index (χ4n) is 3.04. The number of amides is 4. The van der Waals surface area contributed by atoms with E-state index in [-0.39, 0.29) is 25.0 Å². The van der Waals surface area contributed by atoms with E-state index in [2.05, 4.69) is 16.0 Å². The summed E-state index contributed by atoms with van der Waals surface area (Å²) in [5.41, 5.74) is 11.1. The molecule has 1 rings (SSSR count). The number of aromatic hydroxyl groups is 1. The lowest BCUT2D eigenvalue weighted by Gasteiger charge is -2.25. The number of primary amides is 1. The van der Waals surface area contributed by atoms with Crippen LogP contribution in [-0.4, -0.2) is 86.3 Å². The van der Waals surface area contributed by atoms with Gasteiger partial charge >= 0.3 is 11.9 Å². The summed E-state index contributed by atoms with van der Waals surface area (Å²) in [6.45, 7) is 1.25. The number of phenolic OH excluding ortho intramolecular Hbond substituents is 1. The molecule has 0 aliphatic carbocycles. The van der Waals surface area contributed by atoms with Crippen LogP contribution in [0.25, 0.3) is 0 Å². The minimum atomic E-state index is -1.81. The van der Waals surface area contributed by atoms with Gasteiger partial charge < -0.3 is 47.8 Å².